The van der Waals surface area contributed by atoms with Crippen LogP contribution in [0.1, 0.15) is 204 Å². The van der Waals surface area contributed by atoms with Crippen LogP contribution in [-0.4, -0.2) is 102 Å². The van der Waals surface area contributed by atoms with Gasteiger partial charge in [-0.15, -0.1) is 0 Å². The molecule has 1 fully saturated rings. The molecular formula is C111H110F3N7O14. The van der Waals surface area contributed by atoms with E-state index in [1.165, 1.54) is 59.7 Å². The van der Waals surface area contributed by atoms with E-state index in [9.17, 15) is 41.9 Å². The Labute approximate surface area is 780 Å². The van der Waals surface area contributed by atoms with Crippen LogP contribution in [0.2, 0.25) is 0 Å². The van der Waals surface area contributed by atoms with Crippen molar-refractivity contribution in [3.8, 4) is 62.1 Å². The molecule has 7 aromatic heterocycles. The Morgan fingerprint density at radius 2 is 0.770 bits per heavy atom. The molecule has 0 spiro atoms. The zero-order valence-electron chi connectivity index (χ0n) is 79.2. The lowest BCUT2D eigenvalue weighted by Crippen LogP contribution is -2.27. The number of ketones is 3. The number of fused-ring (bicyclic) bond motifs is 3. The molecule has 15 aromatic rings. The van der Waals surface area contributed by atoms with Gasteiger partial charge in [0.25, 0.3) is 16.7 Å². The standard InChI is InChI=1S/C39H40N2O4.C37H38N2O6.C35H32F3N3O4/c1-23-21-31-29(14-16-33(43)41(31)22-25-9-11-27(12-10-25)26-7-6-8-26)36(34(23)38(24(2)42)45-39(3,4)5)30-13-15-32-35-28(18-20-44-32)17-19-40-37(30)35;1-21-16-29-27(9-11-31(41)39(29)20-23-17-25(42-6)19-26(18-23)43-7)34(32(21)36(22(2)40)45-37(3,4)5)28-8-10-30-33-24(13-15-44-30)12-14-38-35(28)33;1-19-14-26-24(7-9-28(43)41(26)18-21-15-23(17-39-16-21)35(36,37)38)31(29(19)33(20(2)42)45-34(3,4)5)25-6-8-27-30-22(11-13-44-27)10-12-40-32(25)30/h9-17,19,21,26,38H,6-8,18,20,22H2,1-5H3;8-12,14,16-19,36H,13,15,20H2,1-7H3;6-10,12,14-17,33H,11,13,18H2,1-5H3/t38-;36-;33-/m111/s1. The van der Waals surface area contributed by atoms with Gasteiger partial charge in [0, 0.05) is 124 Å². The van der Waals surface area contributed by atoms with Crippen LogP contribution in [0.4, 0.5) is 13.2 Å². The van der Waals surface area contributed by atoms with Gasteiger partial charge in [-0.05, 0) is 321 Å². The van der Waals surface area contributed by atoms with Crippen molar-refractivity contribution in [3.63, 3.8) is 0 Å². The SMILES string of the molecule is CC(=O)[C@@H](OC(C)(C)C)c1c(C)cc2c(ccc(=O)n2Cc2ccc(C3CCC3)cc2)c1-c1ccc2c3c(ccnc13)CCO2.CC(=O)[C@@H](OC(C)(C)C)c1c(C)cc2c(ccc(=O)n2Cc2cncc(C(F)(F)F)c2)c1-c1ccc2c3c(ccnc13)CCO2.COc1cc(Cn2c(=O)ccc3c(-c4ccc5c6c(ccnc46)CCO5)c([C@H](OC(C)(C)C)C(C)=O)c(C)cc32)cc(OC)c1. The van der Waals surface area contributed by atoms with Crippen LogP contribution in [0.25, 0.3) is 98.8 Å². The highest BCUT2D eigenvalue weighted by molar-refractivity contribution is 6.12. The van der Waals surface area contributed by atoms with Gasteiger partial charge < -0.3 is 51.6 Å². The second-order valence-electron chi connectivity index (χ2n) is 38.6. The molecule has 10 heterocycles. The first-order valence-electron chi connectivity index (χ1n) is 45.8. The van der Waals surface area contributed by atoms with Crippen LogP contribution in [0.5, 0.6) is 28.7 Å². The lowest BCUT2D eigenvalue weighted by atomic mass is 9.80. The van der Waals surface area contributed by atoms with Crippen LogP contribution in [0.3, 0.4) is 0 Å². The van der Waals surface area contributed by atoms with E-state index in [2.05, 4.69) is 35.3 Å². The third-order valence-electron chi connectivity index (χ3n) is 25.6. The van der Waals surface area contributed by atoms with Gasteiger partial charge >= 0.3 is 6.18 Å². The first-order valence-corrected chi connectivity index (χ1v) is 45.8. The minimum absolute atomic E-state index is 0.0684. The number of pyridine rings is 7. The van der Waals surface area contributed by atoms with Crippen molar-refractivity contribution < 1.29 is 65.4 Å². The Morgan fingerprint density at radius 1 is 0.422 bits per heavy atom. The maximum Gasteiger partial charge on any atom is 0.417 e. The number of ether oxygens (including phenoxy) is 8. The summed E-state index contributed by atoms with van der Waals surface area (Å²) >= 11 is 0. The Balaban J connectivity index is 0.000000141. The lowest BCUT2D eigenvalue weighted by Gasteiger charge is -2.30. The minimum atomic E-state index is -4.58. The topological polar surface area (TPSA) is 243 Å². The van der Waals surface area contributed by atoms with E-state index in [0.29, 0.717) is 89.1 Å². The fourth-order valence-corrected chi connectivity index (χ4v) is 19.4. The lowest BCUT2D eigenvalue weighted by molar-refractivity contribution is -0.139. The highest BCUT2D eigenvalue weighted by Crippen LogP contribution is 2.51. The van der Waals surface area contributed by atoms with Gasteiger partial charge in [0.05, 0.1) is 109 Å². The number of aromatic nitrogens is 7. The fourth-order valence-electron chi connectivity index (χ4n) is 19.4. The molecule has 0 amide bonds. The predicted molar refractivity (Wildman–Crippen MR) is 521 cm³/mol. The molecule has 3 aliphatic heterocycles. The molecule has 694 valence electrons. The molecule has 0 N–H and O–H groups in total. The Kier molecular flexibility index (Phi) is 25.6. The number of rotatable bonds is 21. The molecule has 0 saturated heterocycles. The number of carbonyl (C=O) groups is 3. The number of Topliss-reactive ketones (excluding diaryl/α,β-unsaturated/α-hetero) is 3. The van der Waals surface area contributed by atoms with Gasteiger partial charge in [-0.3, -0.25) is 48.7 Å². The van der Waals surface area contributed by atoms with Crippen LogP contribution >= 0.6 is 0 Å². The maximum atomic E-state index is 13.6. The van der Waals surface area contributed by atoms with Gasteiger partial charge in [-0.1, -0.05) is 30.7 Å². The van der Waals surface area contributed by atoms with E-state index in [1.807, 2.05) is 185 Å². The summed E-state index contributed by atoms with van der Waals surface area (Å²) < 4.78 is 93.9. The number of carbonyl (C=O) groups excluding carboxylic acids is 3. The summed E-state index contributed by atoms with van der Waals surface area (Å²) in [5.74, 6) is 3.87. The van der Waals surface area contributed by atoms with Gasteiger partial charge in [0.1, 0.15) is 47.1 Å². The van der Waals surface area contributed by atoms with Crippen molar-refractivity contribution in [2.45, 2.75) is 209 Å². The average Bonchev–Trinajstić information content (AvgIpc) is 0.734. The number of hydrogen-bond donors (Lipinski definition) is 0. The van der Waals surface area contributed by atoms with Crippen molar-refractivity contribution >= 4 is 82.8 Å². The maximum absolute atomic E-state index is 13.6. The van der Waals surface area contributed by atoms with Crippen LogP contribution in [0, 0.1) is 20.8 Å². The van der Waals surface area contributed by atoms with Gasteiger partial charge in [-0.25, -0.2) is 0 Å². The summed E-state index contributed by atoms with van der Waals surface area (Å²) in [6, 6.07) is 49.1. The Bertz CT molecular complexity index is 7430. The highest BCUT2D eigenvalue weighted by atomic mass is 19.4. The van der Waals surface area contributed by atoms with Gasteiger partial charge in [-0.2, -0.15) is 13.2 Å². The molecule has 19 rings (SSSR count). The van der Waals surface area contributed by atoms with Crippen LogP contribution < -0.4 is 40.4 Å². The molecule has 0 radical (unpaired) electrons. The number of nitrogens with zero attached hydrogens (tertiary/aromatic N) is 7. The molecule has 0 bridgehead atoms. The number of methoxy groups -OCH3 is 2. The smallest absolute Gasteiger partial charge is 0.417 e. The first kappa shape index (κ1) is 93.3. The monoisotopic (exact) mass is 1820 g/mol. The summed E-state index contributed by atoms with van der Waals surface area (Å²) in [6.07, 6.45) is 6.46. The zero-order valence-corrected chi connectivity index (χ0v) is 79.2. The predicted octanol–water partition coefficient (Wildman–Crippen LogP) is 22.6. The van der Waals surface area contributed by atoms with Gasteiger partial charge in [0.15, 0.2) is 17.3 Å². The Morgan fingerprint density at radius 3 is 1.09 bits per heavy atom. The van der Waals surface area contributed by atoms with Crippen molar-refractivity contribution in [1.29, 1.82) is 0 Å². The summed E-state index contributed by atoms with van der Waals surface area (Å²) in [5, 5.41) is 5.16. The van der Waals surface area contributed by atoms with E-state index in [-0.39, 0.29) is 47.1 Å². The van der Waals surface area contributed by atoms with Gasteiger partial charge in [0.2, 0.25) is 0 Å². The largest absolute Gasteiger partial charge is 0.497 e. The normalized spacial score (nSPS) is 14.4. The van der Waals surface area contributed by atoms with E-state index >= 15 is 0 Å². The molecular weight excluding hydrogens is 1710 g/mol. The molecule has 4 aliphatic rings. The van der Waals surface area contributed by atoms with Crippen molar-refractivity contribution in [1.82, 2.24) is 33.6 Å². The summed E-state index contributed by atoms with van der Waals surface area (Å²) in [6.45, 7) is 30.2. The summed E-state index contributed by atoms with van der Waals surface area (Å²) in [5.41, 5.74) is 17.4. The van der Waals surface area contributed by atoms with Crippen molar-refractivity contribution in [2.24, 2.45) is 0 Å². The number of alkyl halides is 3. The third-order valence-corrected chi connectivity index (χ3v) is 25.6. The molecule has 1 aliphatic carbocycles. The molecule has 8 aromatic carbocycles. The minimum Gasteiger partial charge on any atom is -0.497 e. The first-order chi connectivity index (χ1) is 64.3. The fraction of sp³-hybridized carbons (Fsp3) is 0.333. The molecule has 135 heavy (non-hydrogen) atoms. The van der Waals surface area contributed by atoms with Crippen LogP contribution in [0.15, 0.2) is 203 Å². The molecule has 24 heteroatoms. The number of benzene rings is 8. The highest BCUT2D eigenvalue weighted by Gasteiger charge is 2.38. The molecule has 21 nitrogen and oxygen atoms in total. The Hall–Kier alpha value is -13.6. The average molecular weight is 1820 g/mol. The zero-order chi connectivity index (χ0) is 95.8. The van der Waals surface area contributed by atoms with E-state index in [0.717, 1.165) is 152 Å². The second kappa shape index (κ2) is 37.0. The summed E-state index contributed by atoms with van der Waals surface area (Å²) in [7, 11) is 3.20. The molecule has 1 saturated carbocycles. The molecule has 0 unspecified atom stereocenters. The quantitative estimate of drug-likeness (QED) is 0.0649. The van der Waals surface area contributed by atoms with Crippen LogP contribution in [-0.2, 0) is 73.7 Å². The second-order valence-corrected chi connectivity index (χ2v) is 38.6. The molecule has 3 atom stereocenters. The van der Waals surface area contributed by atoms with E-state index in [1.54, 1.807) is 69.2 Å². The van der Waals surface area contributed by atoms with Crippen molar-refractivity contribution in [2.75, 3.05) is 34.0 Å². The summed E-state index contributed by atoms with van der Waals surface area (Å²) in [4.78, 5) is 98.8. The number of halogens is 3. The number of hydrogen-bond acceptors (Lipinski definition) is 18. The van der Waals surface area contributed by atoms with E-state index in [4.69, 9.17) is 52.8 Å². The van der Waals surface area contributed by atoms with Crippen molar-refractivity contribution in [3.05, 3.63) is 298 Å². The third kappa shape index (κ3) is 18.8. The van der Waals surface area contributed by atoms with E-state index < -0.39 is 52.4 Å². The number of aryl methyl sites for hydroxylation is 3.